The Labute approximate surface area is 150 Å². The Morgan fingerprint density at radius 1 is 1.35 bits per heavy atom. The van der Waals surface area contributed by atoms with Crippen LogP contribution in [0.25, 0.3) is 0 Å². The molecule has 1 heterocycles. The summed E-state index contributed by atoms with van der Waals surface area (Å²) >= 11 is 0. The first-order valence-electron chi connectivity index (χ1n) is 8.28. The SMILES string of the molecule is COC(OC)[C@]12COC(=O)[C@@]1(CC(=O)c1cc(O)ccc1O)CC[C@@H]2O. The van der Waals surface area contributed by atoms with Crippen LogP contribution in [0.1, 0.15) is 29.6 Å². The quantitative estimate of drug-likeness (QED) is 0.295. The van der Waals surface area contributed by atoms with Crippen LogP contribution in [0.15, 0.2) is 18.2 Å². The van der Waals surface area contributed by atoms with Crippen molar-refractivity contribution in [3.63, 3.8) is 0 Å². The Kier molecular flexibility index (Phi) is 4.68. The fraction of sp³-hybridized carbons (Fsp3) is 0.556. The Bertz CT molecular complexity index is 728. The highest BCUT2D eigenvalue weighted by Gasteiger charge is 2.73. The predicted octanol–water partition coefficient (Wildman–Crippen LogP) is 0.974. The van der Waals surface area contributed by atoms with Gasteiger partial charge in [0.15, 0.2) is 12.1 Å². The lowest BCUT2D eigenvalue weighted by atomic mass is 9.63. The van der Waals surface area contributed by atoms with Crippen molar-refractivity contribution in [3.8, 4) is 11.5 Å². The van der Waals surface area contributed by atoms with E-state index in [-0.39, 0.29) is 42.9 Å². The number of hydrogen-bond donors (Lipinski definition) is 3. The number of cyclic esters (lactones) is 1. The zero-order valence-corrected chi connectivity index (χ0v) is 14.6. The third kappa shape index (κ3) is 2.40. The molecule has 3 atom stereocenters. The van der Waals surface area contributed by atoms with Gasteiger partial charge in [0.05, 0.1) is 22.5 Å². The first-order chi connectivity index (χ1) is 12.3. The van der Waals surface area contributed by atoms with E-state index in [0.29, 0.717) is 0 Å². The van der Waals surface area contributed by atoms with Crippen molar-refractivity contribution in [2.75, 3.05) is 20.8 Å². The summed E-state index contributed by atoms with van der Waals surface area (Å²) in [6.45, 7) is -0.126. The van der Waals surface area contributed by atoms with Crippen molar-refractivity contribution in [2.45, 2.75) is 31.7 Å². The molecule has 2 aliphatic rings. The molecule has 0 unspecified atom stereocenters. The van der Waals surface area contributed by atoms with E-state index in [4.69, 9.17) is 14.2 Å². The number of aliphatic hydroxyl groups excluding tert-OH is 1. The van der Waals surface area contributed by atoms with Crippen molar-refractivity contribution >= 4 is 11.8 Å². The van der Waals surface area contributed by atoms with Gasteiger partial charge in [0, 0.05) is 20.6 Å². The van der Waals surface area contributed by atoms with Crippen molar-refractivity contribution in [1.82, 2.24) is 0 Å². The average Bonchev–Trinajstić information content (AvgIpc) is 3.05. The minimum atomic E-state index is -1.34. The zero-order chi connectivity index (χ0) is 19.1. The number of phenolic OH excluding ortho intramolecular Hbond substituents is 2. The smallest absolute Gasteiger partial charge is 0.313 e. The number of esters is 1. The molecule has 1 aromatic carbocycles. The molecule has 8 heteroatoms. The monoisotopic (exact) mass is 366 g/mol. The van der Waals surface area contributed by atoms with Gasteiger partial charge >= 0.3 is 5.97 Å². The summed E-state index contributed by atoms with van der Waals surface area (Å²) in [5, 5.41) is 30.2. The molecule has 0 spiro atoms. The highest BCUT2D eigenvalue weighted by molar-refractivity contribution is 6.02. The molecule has 1 aliphatic heterocycles. The molecule has 0 aromatic heterocycles. The third-order valence-electron chi connectivity index (χ3n) is 5.75. The Balaban J connectivity index is 2.04. The first kappa shape index (κ1) is 18.6. The molecule has 1 saturated heterocycles. The second kappa shape index (κ2) is 6.53. The fourth-order valence-electron chi connectivity index (χ4n) is 4.45. The van der Waals surface area contributed by atoms with Gasteiger partial charge in [-0.05, 0) is 31.0 Å². The molecule has 26 heavy (non-hydrogen) atoms. The maximum atomic E-state index is 12.9. The number of hydrogen-bond acceptors (Lipinski definition) is 8. The van der Waals surface area contributed by atoms with E-state index >= 15 is 0 Å². The van der Waals surface area contributed by atoms with Gasteiger partial charge in [-0.3, -0.25) is 9.59 Å². The average molecular weight is 366 g/mol. The minimum absolute atomic E-state index is 0.0965. The number of benzene rings is 1. The lowest BCUT2D eigenvalue weighted by Gasteiger charge is -2.41. The third-order valence-corrected chi connectivity index (χ3v) is 5.75. The number of ether oxygens (including phenoxy) is 3. The minimum Gasteiger partial charge on any atom is -0.508 e. The molecule has 2 fully saturated rings. The number of phenols is 2. The van der Waals surface area contributed by atoms with Gasteiger partial charge in [0.2, 0.25) is 0 Å². The van der Waals surface area contributed by atoms with Gasteiger partial charge in [0.1, 0.15) is 18.1 Å². The second-order valence-corrected chi connectivity index (χ2v) is 6.86. The summed E-state index contributed by atoms with van der Waals surface area (Å²) in [4.78, 5) is 25.5. The summed E-state index contributed by atoms with van der Waals surface area (Å²) in [6, 6.07) is 3.60. The molecule has 3 rings (SSSR count). The zero-order valence-electron chi connectivity index (χ0n) is 14.6. The van der Waals surface area contributed by atoms with Gasteiger partial charge < -0.3 is 29.5 Å². The summed E-state index contributed by atoms with van der Waals surface area (Å²) in [6.07, 6.45) is -1.69. The number of Topliss-reactive ketones (excluding diaryl/α,β-unsaturated/α-hetero) is 1. The molecule has 1 aromatic rings. The number of fused-ring (bicyclic) bond motifs is 1. The topological polar surface area (TPSA) is 123 Å². The van der Waals surface area contributed by atoms with Crippen LogP contribution in [-0.4, -0.2) is 60.3 Å². The summed E-state index contributed by atoms with van der Waals surface area (Å²) in [5.74, 6) is -1.61. The van der Waals surface area contributed by atoms with E-state index in [2.05, 4.69) is 0 Å². The maximum absolute atomic E-state index is 12.9. The lowest BCUT2D eigenvalue weighted by Crippen LogP contribution is -2.54. The van der Waals surface area contributed by atoms with Crippen molar-refractivity contribution < 1.29 is 39.1 Å². The highest BCUT2D eigenvalue weighted by atomic mass is 16.7. The van der Waals surface area contributed by atoms with Crippen molar-refractivity contribution in [1.29, 1.82) is 0 Å². The van der Waals surface area contributed by atoms with Gasteiger partial charge in [-0.1, -0.05) is 0 Å². The van der Waals surface area contributed by atoms with E-state index in [0.717, 1.165) is 6.07 Å². The number of carbonyl (C=O) groups excluding carboxylic acids is 2. The molecule has 1 aliphatic carbocycles. The fourth-order valence-corrected chi connectivity index (χ4v) is 4.45. The van der Waals surface area contributed by atoms with Gasteiger partial charge in [-0.25, -0.2) is 0 Å². The van der Waals surface area contributed by atoms with Crippen LogP contribution >= 0.6 is 0 Å². The van der Waals surface area contributed by atoms with Crippen LogP contribution < -0.4 is 0 Å². The molecule has 3 N–H and O–H groups in total. The normalized spacial score (nSPS) is 30.5. The Morgan fingerprint density at radius 3 is 2.69 bits per heavy atom. The Morgan fingerprint density at radius 2 is 2.04 bits per heavy atom. The van der Waals surface area contributed by atoms with Crippen LogP contribution in [0.5, 0.6) is 11.5 Å². The highest BCUT2D eigenvalue weighted by Crippen LogP contribution is 2.62. The van der Waals surface area contributed by atoms with E-state index in [9.17, 15) is 24.9 Å². The molecule has 1 saturated carbocycles. The molecule has 0 amide bonds. The van der Waals surface area contributed by atoms with E-state index in [1.165, 1.54) is 26.4 Å². The van der Waals surface area contributed by atoms with Gasteiger partial charge in [-0.15, -0.1) is 0 Å². The van der Waals surface area contributed by atoms with E-state index in [1.54, 1.807) is 0 Å². The summed E-state index contributed by atoms with van der Waals surface area (Å²) in [7, 11) is 2.79. The van der Waals surface area contributed by atoms with Crippen LogP contribution in [0, 0.1) is 10.8 Å². The van der Waals surface area contributed by atoms with Crippen molar-refractivity contribution in [2.24, 2.45) is 10.8 Å². The number of rotatable bonds is 6. The number of aliphatic hydroxyl groups is 1. The van der Waals surface area contributed by atoms with Gasteiger partial charge in [0.25, 0.3) is 0 Å². The standard InChI is InChI=1S/C18H22O8/c1-24-16(25-2)18-9-26-15(23)17(18,6-5-14(18)22)8-13(21)11-7-10(19)3-4-12(11)20/h3-4,7,14,16,19-20,22H,5-6,8-9H2,1-2H3/t14-,17-,18+/m0/s1. The molecular weight excluding hydrogens is 344 g/mol. The number of ketones is 1. The predicted molar refractivity (Wildman–Crippen MR) is 87.6 cm³/mol. The van der Waals surface area contributed by atoms with Crippen LogP contribution in [0.3, 0.4) is 0 Å². The Hall–Kier alpha value is -2.16. The van der Waals surface area contributed by atoms with E-state index < -0.39 is 35.0 Å². The summed E-state index contributed by atoms with van der Waals surface area (Å²) < 4.78 is 15.9. The van der Waals surface area contributed by atoms with E-state index in [1.807, 2.05) is 0 Å². The molecule has 142 valence electrons. The molecule has 0 bridgehead atoms. The number of methoxy groups -OCH3 is 2. The first-order valence-corrected chi connectivity index (χ1v) is 8.28. The largest absolute Gasteiger partial charge is 0.508 e. The number of aromatic hydroxyl groups is 2. The van der Waals surface area contributed by atoms with Gasteiger partial charge in [-0.2, -0.15) is 0 Å². The molecule has 8 nitrogen and oxygen atoms in total. The van der Waals surface area contributed by atoms with Crippen molar-refractivity contribution in [3.05, 3.63) is 23.8 Å². The second-order valence-electron chi connectivity index (χ2n) is 6.86. The maximum Gasteiger partial charge on any atom is 0.313 e. The van der Waals surface area contributed by atoms with Crippen LogP contribution in [0.2, 0.25) is 0 Å². The molecular formula is C18H22O8. The van der Waals surface area contributed by atoms with Crippen LogP contribution in [0.4, 0.5) is 0 Å². The molecule has 0 radical (unpaired) electrons. The lowest BCUT2D eigenvalue weighted by molar-refractivity contribution is -0.224. The summed E-state index contributed by atoms with van der Waals surface area (Å²) in [5.41, 5.74) is -2.66. The van der Waals surface area contributed by atoms with Crippen LogP contribution in [-0.2, 0) is 19.0 Å². The number of carbonyl (C=O) groups is 2.